The van der Waals surface area contributed by atoms with Crippen LogP contribution in [-0.4, -0.2) is 22.9 Å². The first-order valence-electron chi connectivity index (χ1n) is 10.4. The summed E-state index contributed by atoms with van der Waals surface area (Å²) in [4.78, 5) is 2.14. The Morgan fingerprint density at radius 3 is 2.40 bits per heavy atom. The molecule has 2 aromatic carbocycles. The number of aliphatic hydroxyl groups excluding tert-OH is 1. The molecule has 1 saturated carbocycles. The third-order valence-corrected chi connectivity index (χ3v) is 5.96. The molecule has 1 fully saturated rings. The highest BCUT2D eigenvalue weighted by Crippen LogP contribution is 2.48. The Bertz CT molecular complexity index is 1080. The molecule has 0 amide bonds. The molecule has 1 atom stereocenters. The van der Waals surface area contributed by atoms with E-state index in [1.54, 1.807) is 6.92 Å². The van der Waals surface area contributed by atoms with Crippen LogP contribution >= 0.6 is 0 Å². The van der Waals surface area contributed by atoms with Gasteiger partial charge in [0, 0.05) is 23.5 Å². The molecule has 4 rings (SSSR count). The third-order valence-electron chi connectivity index (χ3n) is 5.96. The van der Waals surface area contributed by atoms with E-state index >= 15 is 0 Å². The summed E-state index contributed by atoms with van der Waals surface area (Å²) in [7, 11) is 0. The summed E-state index contributed by atoms with van der Waals surface area (Å²) in [6.45, 7) is 8.20. The van der Waals surface area contributed by atoms with E-state index in [2.05, 4.69) is 53.4 Å². The van der Waals surface area contributed by atoms with Crippen LogP contribution in [0.5, 0.6) is 0 Å². The van der Waals surface area contributed by atoms with Gasteiger partial charge in [-0.3, -0.25) is 0 Å². The molecular formula is C25H27N3O2. The lowest BCUT2D eigenvalue weighted by Crippen LogP contribution is -2.27. The quantitative estimate of drug-likeness (QED) is 0.603. The smallest absolute Gasteiger partial charge is 0.141 e. The summed E-state index contributed by atoms with van der Waals surface area (Å²) in [5.41, 5.74) is 6.83. The maximum atomic E-state index is 10.2. The second kappa shape index (κ2) is 7.62. The maximum Gasteiger partial charge on any atom is 0.141 e. The summed E-state index contributed by atoms with van der Waals surface area (Å²) in [6, 6.07) is 17.0. The number of nitriles is 1. The van der Waals surface area contributed by atoms with Crippen molar-refractivity contribution in [3.63, 3.8) is 0 Å². The number of hydrogen-bond donors (Lipinski definition) is 1. The summed E-state index contributed by atoms with van der Waals surface area (Å²) in [6.07, 6.45) is 1.36. The average Bonchev–Trinajstić information content (AvgIpc) is 3.46. The van der Waals surface area contributed by atoms with E-state index in [1.807, 2.05) is 26.0 Å². The Balaban J connectivity index is 1.76. The highest BCUT2D eigenvalue weighted by atomic mass is 16.5. The summed E-state index contributed by atoms with van der Waals surface area (Å²) >= 11 is 0. The molecule has 5 nitrogen and oxygen atoms in total. The Morgan fingerprint density at radius 1 is 1.17 bits per heavy atom. The number of aliphatic hydroxyl groups is 1. The Morgan fingerprint density at radius 2 is 1.87 bits per heavy atom. The van der Waals surface area contributed by atoms with Gasteiger partial charge in [0.15, 0.2) is 0 Å². The van der Waals surface area contributed by atoms with E-state index in [1.165, 1.54) is 0 Å². The van der Waals surface area contributed by atoms with Crippen molar-refractivity contribution < 1.29 is 9.63 Å². The molecule has 3 aromatic rings. The fraction of sp³-hybridized carbons (Fsp3) is 0.360. The van der Waals surface area contributed by atoms with E-state index in [-0.39, 0.29) is 5.41 Å². The van der Waals surface area contributed by atoms with Gasteiger partial charge < -0.3 is 14.5 Å². The van der Waals surface area contributed by atoms with Crippen molar-refractivity contribution in [2.75, 3.05) is 11.4 Å². The summed E-state index contributed by atoms with van der Waals surface area (Å²) in [5.74, 6) is 0.792. The third kappa shape index (κ3) is 3.59. The van der Waals surface area contributed by atoms with Crippen molar-refractivity contribution in [3.05, 3.63) is 65.0 Å². The zero-order chi connectivity index (χ0) is 21.5. The number of benzene rings is 2. The summed E-state index contributed by atoms with van der Waals surface area (Å²) < 4.78 is 5.36. The van der Waals surface area contributed by atoms with E-state index in [0.29, 0.717) is 6.54 Å². The van der Waals surface area contributed by atoms with Crippen molar-refractivity contribution in [2.24, 2.45) is 0 Å². The molecule has 154 valence electrons. The Kier molecular flexibility index (Phi) is 5.13. The van der Waals surface area contributed by atoms with Gasteiger partial charge in [-0.05, 0) is 75.4 Å². The van der Waals surface area contributed by atoms with Gasteiger partial charge in [0.05, 0.1) is 23.3 Å². The van der Waals surface area contributed by atoms with Gasteiger partial charge in [-0.1, -0.05) is 29.4 Å². The molecule has 0 aliphatic heterocycles. The normalized spacial score (nSPS) is 15.5. The second-order valence-corrected chi connectivity index (χ2v) is 8.40. The molecule has 1 heterocycles. The number of anilines is 2. The van der Waals surface area contributed by atoms with Gasteiger partial charge >= 0.3 is 0 Å². The lowest BCUT2D eigenvalue weighted by Gasteiger charge is -2.29. The minimum atomic E-state index is -0.499. The topological polar surface area (TPSA) is 73.3 Å². The van der Waals surface area contributed by atoms with E-state index in [9.17, 15) is 10.4 Å². The molecule has 5 heteroatoms. The minimum Gasteiger partial charge on any atom is -0.392 e. The predicted octanol–water partition coefficient (Wildman–Crippen LogP) is 5.34. The molecule has 1 unspecified atom stereocenters. The molecule has 0 radical (unpaired) electrons. The zero-order valence-electron chi connectivity index (χ0n) is 17.9. The first-order valence-corrected chi connectivity index (χ1v) is 10.4. The molecule has 0 bridgehead atoms. The molecule has 30 heavy (non-hydrogen) atoms. The van der Waals surface area contributed by atoms with Crippen LogP contribution in [0.25, 0.3) is 11.1 Å². The van der Waals surface area contributed by atoms with Crippen LogP contribution in [0.4, 0.5) is 11.4 Å². The van der Waals surface area contributed by atoms with E-state index in [4.69, 9.17) is 4.52 Å². The molecule has 1 N–H and O–H groups in total. The fourth-order valence-corrected chi connectivity index (χ4v) is 4.11. The second-order valence-electron chi connectivity index (χ2n) is 8.40. The number of hydrogen-bond acceptors (Lipinski definition) is 5. The van der Waals surface area contributed by atoms with Gasteiger partial charge in [0.25, 0.3) is 0 Å². The SMILES string of the molecule is Cc1ccc(-c2c(C)noc2C)cc1N(CC(C)O)c1ccc(C2(C#N)CC2)cc1. The van der Waals surface area contributed by atoms with Crippen molar-refractivity contribution in [1.82, 2.24) is 5.16 Å². The van der Waals surface area contributed by atoms with Crippen LogP contribution in [0.1, 0.15) is 42.3 Å². The van der Waals surface area contributed by atoms with E-state index in [0.717, 1.165) is 57.9 Å². The first kappa shape index (κ1) is 20.2. The van der Waals surface area contributed by atoms with Gasteiger partial charge in [-0.15, -0.1) is 0 Å². The average molecular weight is 402 g/mol. The highest BCUT2D eigenvalue weighted by Gasteiger charge is 2.44. The van der Waals surface area contributed by atoms with Crippen molar-refractivity contribution in [2.45, 2.75) is 52.1 Å². The monoisotopic (exact) mass is 401 g/mol. The van der Waals surface area contributed by atoms with Crippen molar-refractivity contribution in [1.29, 1.82) is 5.26 Å². The highest BCUT2D eigenvalue weighted by molar-refractivity contribution is 5.76. The largest absolute Gasteiger partial charge is 0.392 e. The van der Waals surface area contributed by atoms with E-state index < -0.39 is 6.10 Å². The van der Waals surface area contributed by atoms with Gasteiger partial charge in [-0.2, -0.15) is 5.26 Å². The van der Waals surface area contributed by atoms with Crippen LogP contribution in [0, 0.1) is 32.1 Å². The minimum absolute atomic E-state index is 0.299. The van der Waals surface area contributed by atoms with Crippen molar-refractivity contribution in [3.8, 4) is 17.2 Å². The molecular weight excluding hydrogens is 374 g/mol. The Hall–Kier alpha value is -3.10. The fourth-order valence-electron chi connectivity index (χ4n) is 4.11. The van der Waals surface area contributed by atoms with Crippen molar-refractivity contribution >= 4 is 11.4 Å². The van der Waals surface area contributed by atoms with Crippen LogP contribution in [0.3, 0.4) is 0 Å². The first-order chi connectivity index (χ1) is 14.3. The lowest BCUT2D eigenvalue weighted by atomic mass is 9.97. The lowest BCUT2D eigenvalue weighted by molar-refractivity contribution is 0.203. The van der Waals surface area contributed by atoms with Gasteiger partial charge in [0.1, 0.15) is 5.76 Å². The summed E-state index contributed by atoms with van der Waals surface area (Å²) in [5, 5.41) is 23.8. The predicted molar refractivity (Wildman–Crippen MR) is 118 cm³/mol. The van der Waals surface area contributed by atoms with Crippen LogP contribution in [0.15, 0.2) is 47.0 Å². The number of aromatic nitrogens is 1. The standard InChI is InChI=1S/C25H27N3O2/c1-16-5-6-20(24-18(3)27-30-19(24)4)13-23(16)28(14-17(2)29)22-9-7-21(8-10-22)25(15-26)11-12-25/h5-10,13,17,29H,11-12,14H2,1-4H3. The molecule has 1 aliphatic rings. The Labute approximate surface area is 177 Å². The van der Waals surface area contributed by atoms with Gasteiger partial charge in [-0.25, -0.2) is 0 Å². The molecule has 1 aliphatic carbocycles. The molecule has 0 spiro atoms. The zero-order valence-corrected chi connectivity index (χ0v) is 17.9. The molecule has 0 saturated heterocycles. The van der Waals surface area contributed by atoms with Crippen LogP contribution < -0.4 is 4.90 Å². The number of nitrogens with zero attached hydrogens (tertiary/aromatic N) is 3. The maximum absolute atomic E-state index is 10.2. The number of rotatable bonds is 6. The van der Waals surface area contributed by atoms with Crippen LogP contribution in [0.2, 0.25) is 0 Å². The van der Waals surface area contributed by atoms with Crippen LogP contribution in [-0.2, 0) is 5.41 Å². The number of aryl methyl sites for hydroxylation is 3. The molecule has 1 aromatic heterocycles. The van der Waals surface area contributed by atoms with Gasteiger partial charge in [0.2, 0.25) is 0 Å².